The van der Waals surface area contributed by atoms with Crippen LogP contribution in [-0.4, -0.2) is 12.8 Å². The van der Waals surface area contributed by atoms with Crippen molar-refractivity contribution in [1.29, 1.82) is 0 Å². The lowest BCUT2D eigenvalue weighted by molar-refractivity contribution is 0.826. The van der Waals surface area contributed by atoms with Gasteiger partial charge in [-0.1, -0.05) is 6.07 Å². The van der Waals surface area contributed by atoms with E-state index in [0.717, 1.165) is 6.54 Å². The van der Waals surface area contributed by atoms with E-state index in [9.17, 15) is 0 Å². The molecule has 0 radical (unpaired) electrons. The highest BCUT2D eigenvalue weighted by Crippen LogP contribution is 2.16. The summed E-state index contributed by atoms with van der Waals surface area (Å²) in [6, 6.07) is 4.22. The Morgan fingerprint density at radius 3 is 3.17 bits per heavy atom. The van der Waals surface area contributed by atoms with Crippen molar-refractivity contribution in [3.8, 4) is 0 Å². The quantitative estimate of drug-likeness (QED) is 0.625. The molecule has 0 aromatic carbocycles. The molecule has 1 aliphatic rings. The van der Waals surface area contributed by atoms with Crippen molar-refractivity contribution in [2.75, 3.05) is 6.54 Å². The average Bonchev–Trinajstić information content (AvgIpc) is 2.59. The largest absolute Gasteiger partial charge is 0.293 e. The van der Waals surface area contributed by atoms with Crippen LogP contribution < -0.4 is 0 Å². The second kappa shape index (κ2) is 3.68. The Labute approximate surface area is 76.5 Å². The molecule has 0 bridgehead atoms. The van der Waals surface area contributed by atoms with Crippen molar-refractivity contribution in [1.82, 2.24) is 0 Å². The fourth-order valence-electron chi connectivity index (χ4n) is 1.29. The molecule has 2 rings (SSSR count). The van der Waals surface area contributed by atoms with Crippen LogP contribution in [0.3, 0.4) is 0 Å². The summed E-state index contributed by atoms with van der Waals surface area (Å²) in [6.07, 6.45) is 6.62. The lowest BCUT2D eigenvalue weighted by Crippen LogP contribution is -1.95. The van der Waals surface area contributed by atoms with Gasteiger partial charge in [0.05, 0.1) is 0 Å². The molecule has 0 saturated heterocycles. The van der Waals surface area contributed by atoms with Crippen LogP contribution in [0.4, 0.5) is 0 Å². The zero-order chi connectivity index (χ0) is 8.23. The lowest BCUT2D eigenvalue weighted by atomic mass is 10.1. The van der Waals surface area contributed by atoms with Crippen LogP contribution in [0.15, 0.2) is 28.1 Å². The summed E-state index contributed by atoms with van der Waals surface area (Å²) in [5.41, 5.74) is 1.36. The van der Waals surface area contributed by atoms with Crippen LogP contribution in [0.1, 0.15) is 17.7 Å². The van der Waals surface area contributed by atoms with Crippen molar-refractivity contribution in [2.45, 2.75) is 12.8 Å². The molecule has 0 atom stereocenters. The molecule has 0 spiro atoms. The highest BCUT2D eigenvalue weighted by Gasteiger charge is 1.99. The van der Waals surface area contributed by atoms with Crippen molar-refractivity contribution >= 4 is 23.6 Å². The minimum atomic E-state index is 1.00. The first kappa shape index (κ1) is 7.74. The fraction of sp³-hybridized carbons (Fsp3) is 0.300. The van der Waals surface area contributed by atoms with Gasteiger partial charge in [-0.25, -0.2) is 0 Å². The number of rotatable bonds is 1. The van der Waals surface area contributed by atoms with Crippen LogP contribution in [0.5, 0.6) is 0 Å². The Balaban J connectivity index is 2.17. The molecule has 0 fully saturated rings. The molecule has 1 aliphatic heterocycles. The second-order valence-electron chi connectivity index (χ2n) is 2.87. The van der Waals surface area contributed by atoms with Crippen molar-refractivity contribution in [2.24, 2.45) is 4.99 Å². The fourth-order valence-corrected chi connectivity index (χ4v) is 1.98. The van der Waals surface area contributed by atoms with Gasteiger partial charge in [-0.2, -0.15) is 0 Å². The van der Waals surface area contributed by atoms with Gasteiger partial charge >= 0.3 is 0 Å². The molecule has 1 aromatic rings. The number of hydrogen-bond donors (Lipinski definition) is 0. The first-order valence-electron chi connectivity index (χ1n) is 4.19. The standard InChI is InChI=1S/C10H11NS/c1-3-9(8-11-5-1)7-10-4-2-6-12-10/h2,4,6-8H,1,3,5H2/b9-7+. The van der Waals surface area contributed by atoms with Crippen LogP contribution in [0, 0.1) is 0 Å². The second-order valence-corrected chi connectivity index (χ2v) is 3.85. The minimum absolute atomic E-state index is 1.00. The first-order chi connectivity index (χ1) is 5.95. The van der Waals surface area contributed by atoms with E-state index in [-0.39, 0.29) is 0 Å². The molecule has 1 aromatic heterocycles. The van der Waals surface area contributed by atoms with Gasteiger partial charge in [-0.3, -0.25) is 4.99 Å². The number of thiophene rings is 1. The maximum absolute atomic E-state index is 4.25. The van der Waals surface area contributed by atoms with Crippen LogP contribution in [0.25, 0.3) is 6.08 Å². The SMILES string of the molecule is C1=NCCC/C1=C\c1cccs1. The molecule has 62 valence electrons. The van der Waals surface area contributed by atoms with E-state index >= 15 is 0 Å². The van der Waals surface area contributed by atoms with Gasteiger partial charge in [0.2, 0.25) is 0 Å². The molecule has 12 heavy (non-hydrogen) atoms. The van der Waals surface area contributed by atoms with Gasteiger partial charge in [0.25, 0.3) is 0 Å². The first-order valence-corrected chi connectivity index (χ1v) is 5.07. The van der Waals surface area contributed by atoms with Crippen molar-refractivity contribution in [3.05, 3.63) is 28.0 Å². The Morgan fingerprint density at radius 2 is 2.50 bits per heavy atom. The highest BCUT2D eigenvalue weighted by atomic mass is 32.1. The van der Waals surface area contributed by atoms with Gasteiger partial charge in [0.15, 0.2) is 0 Å². The summed E-state index contributed by atoms with van der Waals surface area (Å²) in [7, 11) is 0. The van der Waals surface area contributed by atoms with E-state index in [1.165, 1.54) is 23.3 Å². The molecule has 1 nitrogen and oxygen atoms in total. The maximum Gasteiger partial charge on any atom is 0.0392 e. The zero-order valence-corrected chi connectivity index (χ0v) is 7.68. The molecular weight excluding hydrogens is 166 g/mol. The van der Waals surface area contributed by atoms with Crippen molar-refractivity contribution < 1.29 is 0 Å². The highest BCUT2D eigenvalue weighted by molar-refractivity contribution is 7.10. The molecule has 0 saturated carbocycles. The number of aliphatic imine (C=N–C) groups is 1. The van der Waals surface area contributed by atoms with E-state index in [1.807, 2.05) is 6.21 Å². The Bertz CT molecular complexity index is 296. The van der Waals surface area contributed by atoms with Gasteiger partial charge < -0.3 is 0 Å². The van der Waals surface area contributed by atoms with Crippen LogP contribution in [-0.2, 0) is 0 Å². The Hall–Kier alpha value is -0.890. The molecular formula is C10H11NS. The zero-order valence-electron chi connectivity index (χ0n) is 6.86. The van der Waals surface area contributed by atoms with E-state index in [2.05, 4.69) is 28.6 Å². The monoisotopic (exact) mass is 177 g/mol. The van der Waals surface area contributed by atoms with E-state index < -0.39 is 0 Å². The van der Waals surface area contributed by atoms with E-state index in [4.69, 9.17) is 0 Å². The molecule has 0 aliphatic carbocycles. The topological polar surface area (TPSA) is 12.4 Å². The maximum atomic E-state index is 4.25. The number of nitrogens with zero attached hydrogens (tertiary/aromatic N) is 1. The normalized spacial score (nSPS) is 20.2. The number of allylic oxidation sites excluding steroid dienone is 1. The number of hydrogen-bond acceptors (Lipinski definition) is 2. The molecule has 0 N–H and O–H groups in total. The van der Waals surface area contributed by atoms with Gasteiger partial charge in [0.1, 0.15) is 0 Å². The summed E-state index contributed by atoms with van der Waals surface area (Å²) < 4.78 is 0. The van der Waals surface area contributed by atoms with E-state index in [0.29, 0.717) is 0 Å². The lowest BCUT2D eigenvalue weighted by Gasteiger charge is -2.04. The minimum Gasteiger partial charge on any atom is -0.293 e. The van der Waals surface area contributed by atoms with E-state index in [1.54, 1.807) is 11.3 Å². The summed E-state index contributed by atoms with van der Waals surface area (Å²) in [4.78, 5) is 5.58. The van der Waals surface area contributed by atoms with Crippen LogP contribution >= 0.6 is 11.3 Å². The Morgan fingerprint density at radius 1 is 1.50 bits per heavy atom. The van der Waals surface area contributed by atoms with Gasteiger partial charge in [0, 0.05) is 17.6 Å². The predicted octanol–water partition coefficient (Wildman–Crippen LogP) is 3.00. The average molecular weight is 177 g/mol. The van der Waals surface area contributed by atoms with Crippen LogP contribution in [0.2, 0.25) is 0 Å². The molecule has 2 heteroatoms. The third kappa shape index (κ3) is 1.83. The molecule has 0 amide bonds. The van der Waals surface area contributed by atoms with Gasteiger partial charge in [-0.05, 0) is 35.9 Å². The smallest absolute Gasteiger partial charge is 0.0392 e. The third-order valence-corrected chi connectivity index (χ3v) is 2.70. The molecule has 2 heterocycles. The summed E-state index contributed by atoms with van der Waals surface area (Å²) in [6.45, 7) is 1.00. The summed E-state index contributed by atoms with van der Waals surface area (Å²) >= 11 is 1.78. The third-order valence-electron chi connectivity index (χ3n) is 1.88. The summed E-state index contributed by atoms with van der Waals surface area (Å²) in [5, 5.41) is 2.10. The van der Waals surface area contributed by atoms with Crippen molar-refractivity contribution in [3.63, 3.8) is 0 Å². The summed E-state index contributed by atoms with van der Waals surface area (Å²) in [5.74, 6) is 0. The Kier molecular flexibility index (Phi) is 2.37. The van der Waals surface area contributed by atoms with Gasteiger partial charge in [-0.15, -0.1) is 11.3 Å². The molecule has 0 unspecified atom stereocenters. The predicted molar refractivity (Wildman–Crippen MR) is 54.9 cm³/mol.